The molecule has 0 saturated carbocycles. The van der Waals surface area contributed by atoms with E-state index in [1.54, 1.807) is 37.3 Å². The fourth-order valence-electron chi connectivity index (χ4n) is 4.03. The van der Waals surface area contributed by atoms with Gasteiger partial charge in [-0.25, -0.2) is 8.42 Å². The van der Waals surface area contributed by atoms with Gasteiger partial charge in [0, 0.05) is 29.2 Å². The number of rotatable bonds is 6. The largest absolute Gasteiger partial charge is 0.454 e. The maximum Gasteiger partial charge on any atom is 0.252 e. The number of H-pyrrole nitrogens is 1. The molecule has 0 aliphatic carbocycles. The van der Waals surface area contributed by atoms with E-state index in [9.17, 15) is 13.2 Å². The zero-order chi connectivity index (χ0) is 24.7. The van der Waals surface area contributed by atoms with E-state index in [4.69, 9.17) is 21.1 Å². The molecule has 3 aromatic carbocycles. The van der Waals surface area contributed by atoms with Crippen LogP contribution in [-0.2, 0) is 23.1 Å². The molecular weight excluding hydrogens is 488 g/mol. The van der Waals surface area contributed by atoms with E-state index < -0.39 is 10.0 Å². The van der Waals surface area contributed by atoms with Crippen molar-refractivity contribution in [3.05, 3.63) is 98.3 Å². The molecule has 180 valence electrons. The van der Waals surface area contributed by atoms with Crippen LogP contribution in [0, 0.1) is 13.8 Å². The van der Waals surface area contributed by atoms with Crippen molar-refractivity contribution in [1.82, 2.24) is 9.29 Å². The molecule has 0 amide bonds. The molecule has 7 nitrogen and oxygen atoms in total. The number of aromatic amines is 1. The zero-order valence-corrected chi connectivity index (χ0v) is 20.7. The lowest BCUT2D eigenvalue weighted by molar-refractivity contribution is 0.174. The summed E-state index contributed by atoms with van der Waals surface area (Å²) < 4.78 is 39.6. The lowest BCUT2D eigenvalue weighted by Gasteiger charge is -2.23. The Balaban J connectivity index is 1.58. The first-order valence-electron chi connectivity index (χ1n) is 11.0. The molecule has 0 bridgehead atoms. The van der Waals surface area contributed by atoms with Gasteiger partial charge in [-0.05, 0) is 72.8 Å². The number of pyridine rings is 1. The number of benzene rings is 3. The predicted octanol–water partition coefficient (Wildman–Crippen LogP) is 4.92. The SMILES string of the molecule is Cc1ccc2[nH]c(=O)c(CN(Cc3ccc4c(c3)OCO4)S(=O)(=O)c3ccc(C)c(Cl)c3)cc2c1. The van der Waals surface area contributed by atoms with E-state index >= 15 is 0 Å². The number of fused-ring (bicyclic) bond motifs is 2. The summed E-state index contributed by atoms with van der Waals surface area (Å²) in [6.45, 7) is 3.78. The van der Waals surface area contributed by atoms with Gasteiger partial charge < -0.3 is 14.5 Å². The highest BCUT2D eigenvalue weighted by Gasteiger charge is 2.27. The Labute approximate surface area is 207 Å². The van der Waals surface area contributed by atoms with Crippen molar-refractivity contribution in [2.45, 2.75) is 31.8 Å². The molecule has 1 aliphatic rings. The Morgan fingerprint density at radius 2 is 1.74 bits per heavy atom. The first-order valence-corrected chi connectivity index (χ1v) is 12.8. The second-order valence-electron chi connectivity index (χ2n) is 8.59. The molecule has 4 aromatic rings. The maximum absolute atomic E-state index is 13.8. The smallest absolute Gasteiger partial charge is 0.252 e. The highest BCUT2D eigenvalue weighted by molar-refractivity contribution is 7.89. The highest BCUT2D eigenvalue weighted by Crippen LogP contribution is 2.34. The minimum Gasteiger partial charge on any atom is -0.454 e. The molecule has 0 radical (unpaired) electrons. The summed E-state index contributed by atoms with van der Waals surface area (Å²) in [6.07, 6.45) is 0. The van der Waals surface area contributed by atoms with E-state index in [-0.39, 0.29) is 30.3 Å². The van der Waals surface area contributed by atoms with Crippen molar-refractivity contribution >= 4 is 32.5 Å². The van der Waals surface area contributed by atoms with Crippen LogP contribution >= 0.6 is 11.6 Å². The number of ether oxygens (including phenoxy) is 2. The van der Waals surface area contributed by atoms with Crippen LogP contribution < -0.4 is 15.0 Å². The Hall–Kier alpha value is -3.33. The number of hydrogen-bond donors (Lipinski definition) is 1. The molecule has 1 aromatic heterocycles. The molecule has 1 aliphatic heterocycles. The van der Waals surface area contributed by atoms with Gasteiger partial charge in [0.25, 0.3) is 5.56 Å². The number of halogens is 1. The van der Waals surface area contributed by atoms with Gasteiger partial charge in [-0.3, -0.25) is 4.79 Å². The van der Waals surface area contributed by atoms with Crippen LogP contribution in [0.5, 0.6) is 11.5 Å². The number of hydrogen-bond acceptors (Lipinski definition) is 5. The van der Waals surface area contributed by atoms with Crippen molar-refractivity contribution in [2.75, 3.05) is 6.79 Å². The van der Waals surface area contributed by atoms with Crippen LogP contribution in [0.1, 0.15) is 22.3 Å². The van der Waals surface area contributed by atoms with Crippen LogP contribution in [0.4, 0.5) is 0 Å². The first kappa shape index (κ1) is 23.4. The van der Waals surface area contributed by atoms with Crippen LogP contribution in [-0.4, -0.2) is 24.5 Å². The molecular formula is C26H23ClN2O5S. The highest BCUT2D eigenvalue weighted by atomic mass is 35.5. The summed E-state index contributed by atoms with van der Waals surface area (Å²) in [4.78, 5) is 15.8. The lowest BCUT2D eigenvalue weighted by Crippen LogP contribution is -2.32. The number of nitrogens with one attached hydrogen (secondary N) is 1. The molecule has 35 heavy (non-hydrogen) atoms. The van der Waals surface area contributed by atoms with Gasteiger partial charge in [0.1, 0.15) is 0 Å². The van der Waals surface area contributed by atoms with Gasteiger partial charge in [-0.2, -0.15) is 4.31 Å². The van der Waals surface area contributed by atoms with Gasteiger partial charge in [0.2, 0.25) is 16.8 Å². The van der Waals surface area contributed by atoms with Gasteiger partial charge in [-0.15, -0.1) is 0 Å². The summed E-state index contributed by atoms with van der Waals surface area (Å²) in [5.74, 6) is 1.16. The van der Waals surface area contributed by atoms with Crippen molar-refractivity contribution in [2.24, 2.45) is 0 Å². The van der Waals surface area contributed by atoms with E-state index in [0.29, 0.717) is 33.2 Å². The molecule has 0 atom stereocenters. The number of aromatic nitrogens is 1. The van der Waals surface area contributed by atoms with Crippen molar-refractivity contribution in [1.29, 1.82) is 0 Å². The summed E-state index contributed by atoms with van der Waals surface area (Å²) in [7, 11) is -4.00. The molecule has 0 fully saturated rings. The molecule has 0 saturated heterocycles. The molecule has 1 N–H and O–H groups in total. The van der Waals surface area contributed by atoms with Crippen LogP contribution in [0.2, 0.25) is 5.02 Å². The zero-order valence-electron chi connectivity index (χ0n) is 19.2. The Bertz CT molecular complexity index is 1610. The van der Waals surface area contributed by atoms with Crippen molar-refractivity contribution < 1.29 is 17.9 Å². The molecule has 2 heterocycles. The second-order valence-corrected chi connectivity index (χ2v) is 10.9. The van der Waals surface area contributed by atoms with Crippen LogP contribution in [0.25, 0.3) is 10.9 Å². The average Bonchev–Trinajstić information content (AvgIpc) is 3.29. The first-order chi connectivity index (χ1) is 16.7. The Kier molecular flexibility index (Phi) is 6.04. The van der Waals surface area contributed by atoms with E-state index in [1.165, 1.54) is 16.4 Å². The van der Waals surface area contributed by atoms with Gasteiger partial charge in [-0.1, -0.05) is 35.4 Å². The minimum absolute atomic E-state index is 0.0236. The summed E-state index contributed by atoms with van der Waals surface area (Å²) in [6, 6.07) is 17.4. The molecule has 0 unspecified atom stereocenters. The minimum atomic E-state index is -4.00. The fourth-order valence-corrected chi connectivity index (χ4v) is 5.71. The predicted molar refractivity (Wildman–Crippen MR) is 134 cm³/mol. The normalized spacial score (nSPS) is 13.0. The van der Waals surface area contributed by atoms with Crippen LogP contribution in [0.3, 0.4) is 0 Å². The van der Waals surface area contributed by atoms with E-state index in [0.717, 1.165) is 16.5 Å². The molecule has 9 heteroatoms. The number of aryl methyl sites for hydroxylation is 2. The molecule has 5 rings (SSSR count). The fraction of sp³-hybridized carbons (Fsp3) is 0.192. The Morgan fingerprint density at radius 1 is 0.943 bits per heavy atom. The second kappa shape index (κ2) is 9.03. The third-order valence-corrected chi connectivity index (χ3v) is 8.20. The average molecular weight is 511 g/mol. The summed E-state index contributed by atoms with van der Waals surface area (Å²) in [5.41, 5.74) is 3.20. The van der Waals surface area contributed by atoms with E-state index in [2.05, 4.69) is 4.98 Å². The van der Waals surface area contributed by atoms with Gasteiger partial charge >= 0.3 is 0 Å². The summed E-state index contributed by atoms with van der Waals surface area (Å²) >= 11 is 6.25. The Morgan fingerprint density at radius 3 is 2.54 bits per heavy atom. The summed E-state index contributed by atoms with van der Waals surface area (Å²) in [5, 5.41) is 1.19. The topological polar surface area (TPSA) is 88.7 Å². The molecule has 0 spiro atoms. The monoisotopic (exact) mass is 510 g/mol. The third-order valence-electron chi connectivity index (χ3n) is 6.00. The van der Waals surface area contributed by atoms with Crippen LogP contribution in [0.15, 0.2) is 70.4 Å². The number of nitrogens with zero attached hydrogens (tertiary/aromatic N) is 1. The van der Waals surface area contributed by atoms with Gasteiger partial charge in [0.05, 0.1) is 4.90 Å². The quantitative estimate of drug-likeness (QED) is 0.398. The third kappa shape index (κ3) is 4.65. The standard InChI is InChI=1S/C26H23ClN2O5S/c1-16-3-7-23-19(9-16)11-20(26(30)28-23)14-29(13-18-5-8-24-25(10-18)34-15-33-24)35(31,32)21-6-4-17(2)22(27)12-21/h3-12H,13-15H2,1-2H3,(H,28,30). The van der Waals surface area contributed by atoms with E-state index in [1.807, 2.05) is 25.1 Å². The maximum atomic E-state index is 13.8. The lowest BCUT2D eigenvalue weighted by atomic mass is 10.1. The van der Waals surface area contributed by atoms with Crippen molar-refractivity contribution in [3.8, 4) is 11.5 Å². The van der Waals surface area contributed by atoms with Crippen molar-refractivity contribution in [3.63, 3.8) is 0 Å². The van der Waals surface area contributed by atoms with Gasteiger partial charge in [0.15, 0.2) is 11.5 Å². The number of sulfonamides is 1.